The fourth-order valence-electron chi connectivity index (χ4n) is 2.93. The lowest BCUT2D eigenvalue weighted by molar-refractivity contribution is 0.0646. The number of hydrogen-bond donors (Lipinski definition) is 2. The van der Waals surface area contributed by atoms with E-state index in [4.69, 9.17) is 14.2 Å². The summed E-state index contributed by atoms with van der Waals surface area (Å²) in [4.78, 5) is 4.25. The van der Waals surface area contributed by atoms with Gasteiger partial charge in [0.1, 0.15) is 0 Å². The molecule has 0 aromatic heterocycles. The van der Waals surface area contributed by atoms with Gasteiger partial charge in [-0.1, -0.05) is 30.3 Å². The predicted octanol–water partition coefficient (Wildman–Crippen LogP) is 2.76. The molecule has 152 valence electrons. The molecule has 1 aliphatic heterocycles. The van der Waals surface area contributed by atoms with Gasteiger partial charge in [0.2, 0.25) is 0 Å². The molecule has 1 aliphatic rings. The first kappa shape index (κ1) is 21.7. The van der Waals surface area contributed by atoms with Crippen molar-refractivity contribution in [1.29, 1.82) is 0 Å². The summed E-state index contributed by atoms with van der Waals surface area (Å²) in [6, 6.07) is 10.3. The Bertz CT molecular complexity index is 519. The van der Waals surface area contributed by atoms with Gasteiger partial charge in [-0.3, -0.25) is 4.99 Å². The molecule has 1 heterocycles. The Labute approximate surface area is 163 Å². The van der Waals surface area contributed by atoms with Crippen LogP contribution >= 0.6 is 0 Å². The van der Waals surface area contributed by atoms with Crippen molar-refractivity contribution in [3.63, 3.8) is 0 Å². The molecule has 0 radical (unpaired) electrons. The molecule has 0 spiro atoms. The molecule has 2 rings (SSSR count). The zero-order valence-corrected chi connectivity index (χ0v) is 16.8. The molecule has 6 heteroatoms. The van der Waals surface area contributed by atoms with Crippen LogP contribution in [0.4, 0.5) is 0 Å². The minimum Gasteiger partial charge on any atom is -0.381 e. The van der Waals surface area contributed by atoms with E-state index in [-0.39, 0.29) is 6.10 Å². The topological polar surface area (TPSA) is 64.1 Å². The quantitative estimate of drug-likeness (QED) is 0.333. The van der Waals surface area contributed by atoms with E-state index in [1.807, 2.05) is 18.2 Å². The predicted molar refractivity (Wildman–Crippen MR) is 109 cm³/mol. The zero-order chi connectivity index (χ0) is 19.2. The van der Waals surface area contributed by atoms with Gasteiger partial charge in [0.25, 0.3) is 0 Å². The number of hydrogen-bond acceptors (Lipinski definition) is 4. The average Bonchev–Trinajstić information content (AvgIpc) is 3.22. The summed E-state index contributed by atoms with van der Waals surface area (Å²) in [5.74, 6) is 1.41. The minimum atomic E-state index is 0.124. The lowest BCUT2D eigenvalue weighted by Crippen LogP contribution is -2.38. The van der Waals surface area contributed by atoms with Crippen LogP contribution in [0.25, 0.3) is 0 Å². The van der Waals surface area contributed by atoms with E-state index < -0.39 is 0 Å². The summed E-state index contributed by atoms with van der Waals surface area (Å²) in [5.41, 5.74) is 1.21. The van der Waals surface area contributed by atoms with Gasteiger partial charge in [0.05, 0.1) is 19.3 Å². The molecule has 27 heavy (non-hydrogen) atoms. The monoisotopic (exact) mass is 377 g/mol. The third-order valence-electron chi connectivity index (χ3n) is 4.61. The largest absolute Gasteiger partial charge is 0.381 e. The van der Waals surface area contributed by atoms with Crippen LogP contribution in [0.2, 0.25) is 0 Å². The van der Waals surface area contributed by atoms with E-state index in [0.717, 1.165) is 71.3 Å². The van der Waals surface area contributed by atoms with Gasteiger partial charge < -0.3 is 24.8 Å². The Morgan fingerprint density at radius 2 is 1.93 bits per heavy atom. The summed E-state index contributed by atoms with van der Waals surface area (Å²) < 4.78 is 16.9. The Morgan fingerprint density at radius 3 is 2.59 bits per heavy atom. The van der Waals surface area contributed by atoms with Crippen LogP contribution in [0.5, 0.6) is 0 Å². The van der Waals surface area contributed by atoms with E-state index in [9.17, 15) is 0 Å². The van der Waals surface area contributed by atoms with Crippen molar-refractivity contribution in [2.24, 2.45) is 10.9 Å². The summed E-state index contributed by atoms with van der Waals surface area (Å²) >= 11 is 0. The summed E-state index contributed by atoms with van der Waals surface area (Å²) in [5, 5.41) is 6.64. The third-order valence-corrected chi connectivity index (χ3v) is 4.61. The van der Waals surface area contributed by atoms with Crippen LogP contribution in [0, 0.1) is 5.92 Å². The Hall–Kier alpha value is -1.63. The maximum atomic E-state index is 5.89. The normalized spacial score (nSPS) is 18.4. The molecule has 2 N–H and O–H groups in total. The number of aliphatic imine (C=N–C) groups is 1. The second-order valence-electron chi connectivity index (χ2n) is 6.86. The fraction of sp³-hybridized carbons (Fsp3) is 0.667. The lowest BCUT2D eigenvalue weighted by atomic mass is 10.1. The highest BCUT2D eigenvalue weighted by atomic mass is 16.5. The maximum Gasteiger partial charge on any atom is 0.190 e. The van der Waals surface area contributed by atoms with Gasteiger partial charge in [-0.05, 0) is 31.7 Å². The highest BCUT2D eigenvalue weighted by Crippen LogP contribution is 2.15. The lowest BCUT2D eigenvalue weighted by Gasteiger charge is -2.15. The van der Waals surface area contributed by atoms with E-state index in [0.29, 0.717) is 5.92 Å². The highest BCUT2D eigenvalue weighted by Gasteiger charge is 2.15. The first-order chi connectivity index (χ1) is 13.3. The van der Waals surface area contributed by atoms with Crippen molar-refractivity contribution in [3.8, 4) is 0 Å². The van der Waals surface area contributed by atoms with Crippen molar-refractivity contribution in [3.05, 3.63) is 35.9 Å². The van der Waals surface area contributed by atoms with Crippen LogP contribution in [-0.4, -0.2) is 59.1 Å². The molecule has 0 saturated carbocycles. The van der Waals surface area contributed by atoms with Gasteiger partial charge in [0, 0.05) is 45.9 Å². The molecular weight excluding hydrogens is 342 g/mol. The highest BCUT2D eigenvalue weighted by molar-refractivity contribution is 5.79. The van der Waals surface area contributed by atoms with E-state index >= 15 is 0 Å². The molecule has 0 bridgehead atoms. The molecular formula is C21H35N3O3. The number of nitrogens with zero attached hydrogens (tertiary/aromatic N) is 1. The van der Waals surface area contributed by atoms with Gasteiger partial charge >= 0.3 is 0 Å². The Kier molecular flexibility index (Phi) is 10.9. The zero-order valence-electron chi connectivity index (χ0n) is 16.8. The Balaban J connectivity index is 1.44. The molecule has 1 aromatic carbocycles. The van der Waals surface area contributed by atoms with E-state index in [2.05, 4.69) is 34.7 Å². The van der Waals surface area contributed by atoms with Crippen LogP contribution < -0.4 is 10.6 Å². The van der Waals surface area contributed by atoms with Gasteiger partial charge in [-0.15, -0.1) is 0 Å². The average molecular weight is 378 g/mol. The van der Waals surface area contributed by atoms with Crippen molar-refractivity contribution in [2.75, 3.05) is 53.2 Å². The summed E-state index contributed by atoms with van der Waals surface area (Å²) in [7, 11) is 1.79. The molecule has 0 amide bonds. The first-order valence-corrected chi connectivity index (χ1v) is 10.1. The summed E-state index contributed by atoms with van der Waals surface area (Å²) in [6.45, 7) is 7.81. The molecule has 6 nitrogen and oxygen atoms in total. The fourth-order valence-corrected chi connectivity index (χ4v) is 2.93. The molecule has 1 fully saturated rings. The van der Waals surface area contributed by atoms with Gasteiger partial charge in [-0.2, -0.15) is 0 Å². The van der Waals surface area contributed by atoms with Crippen LogP contribution in [-0.2, 0) is 14.2 Å². The molecule has 1 aromatic rings. The van der Waals surface area contributed by atoms with Crippen molar-refractivity contribution < 1.29 is 14.2 Å². The van der Waals surface area contributed by atoms with Crippen LogP contribution in [0.3, 0.4) is 0 Å². The number of benzene rings is 1. The van der Waals surface area contributed by atoms with Crippen LogP contribution in [0.15, 0.2) is 35.3 Å². The van der Waals surface area contributed by atoms with Crippen molar-refractivity contribution in [1.82, 2.24) is 10.6 Å². The van der Waals surface area contributed by atoms with E-state index in [1.165, 1.54) is 5.56 Å². The first-order valence-electron chi connectivity index (χ1n) is 10.1. The molecule has 2 atom stereocenters. The van der Waals surface area contributed by atoms with Gasteiger partial charge in [0.15, 0.2) is 5.96 Å². The Morgan fingerprint density at radius 1 is 1.19 bits per heavy atom. The number of ether oxygens (including phenoxy) is 3. The smallest absolute Gasteiger partial charge is 0.190 e. The van der Waals surface area contributed by atoms with Crippen molar-refractivity contribution >= 4 is 5.96 Å². The second kappa shape index (κ2) is 13.5. The SMILES string of the molecule is CN=C(NCCCOCC1CCOC1)NCCCOC(C)c1ccccc1. The third kappa shape index (κ3) is 9.22. The molecule has 1 saturated heterocycles. The number of guanidine groups is 1. The maximum absolute atomic E-state index is 5.89. The molecule has 0 aliphatic carbocycles. The van der Waals surface area contributed by atoms with E-state index in [1.54, 1.807) is 7.05 Å². The number of rotatable bonds is 12. The second-order valence-corrected chi connectivity index (χ2v) is 6.86. The molecule has 2 unspecified atom stereocenters. The minimum absolute atomic E-state index is 0.124. The standard InChI is InChI=1S/C21H35N3O3/c1-18(20-8-4-3-5-9-20)27-14-7-12-24-21(22-2)23-11-6-13-25-16-19-10-15-26-17-19/h3-5,8-9,18-19H,6-7,10-17H2,1-2H3,(H2,22,23,24). The van der Waals surface area contributed by atoms with Gasteiger partial charge in [-0.25, -0.2) is 0 Å². The van der Waals surface area contributed by atoms with Crippen LogP contribution in [0.1, 0.15) is 37.9 Å². The number of nitrogens with one attached hydrogen (secondary N) is 2. The summed E-state index contributed by atoms with van der Waals surface area (Å²) in [6.07, 6.45) is 3.15. The van der Waals surface area contributed by atoms with Crippen molar-refractivity contribution in [2.45, 2.75) is 32.3 Å².